The normalized spacial score (nSPS) is 12.2. The Morgan fingerprint density at radius 3 is 1.72 bits per heavy atom. The van der Waals surface area contributed by atoms with Crippen LogP contribution in [-0.2, 0) is 20.0 Å². The SMILES string of the molecule is CCCCCCCCCCCCOc1ccc(N(C)c2ccc3c(-c4ccccc4S(=O)(=O)O)c4ccc(=[N+](C)c5ccc(OCCCCCCCCCCCC)cc5)cc-4oc3c2)cc1.Cc1ccccc1N=NC(=NNc1cc(S(C)(=O)=O)ccc1O)c1ccccc1. The maximum absolute atomic E-state index is 12.8. The van der Waals surface area contributed by atoms with Crippen LogP contribution in [0.4, 0.5) is 28.4 Å². The van der Waals surface area contributed by atoms with E-state index in [9.17, 15) is 26.5 Å². The van der Waals surface area contributed by atoms with Crippen LogP contribution in [0.5, 0.6) is 17.2 Å². The number of fused-ring (bicyclic) bond motifs is 2. The van der Waals surface area contributed by atoms with Gasteiger partial charge in [-0.15, -0.1) is 10.2 Å². The molecule has 0 fully saturated rings. The minimum atomic E-state index is -4.54. The number of hydrogen-bond acceptors (Lipinski definition) is 12. The minimum Gasteiger partial charge on any atom is -0.506 e. The highest BCUT2D eigenvalue weighted by molar-refractivity contribution is 7.90. The molecule has 0 bridgehead atoms. The fourth-order valence-electron chi connectivity index (χ4n) is 11.3. The molecule has 17 heteroatoms. The molecule has 7 aromatic rings. The molecule has 9 rings (SSSR count). The Morgan fingerprint density at radius 2 is 1.13 bits per heavy atom. The lowest BCUT2D eigenvalue weighted by Crippen LogP contribution is -2.21. The number of phenols is 1. The summed E-state index contributed by atoms with van der Waals surface area (Å²) in [5, 5.41) is 24.4. The lowest BCUT2D eigenvalue weighted by atomic mass is 9.93. The summed E-state index contributed by atoms with van der Waals surface area (Å²) in [4.78, 5) is 1.99. The highest BCUT2D eigenvalue weighted by Gasteiger charge is 2.25. The third-order valence-corrected chi connectivity index (χ3v) is 19.0. The molecule has 0 atom stereocenters. The number of amidine groups is 1. The molecule has 0 unspecified atom stereocenters. The number of sulfone groups is 1. The molecule has 0 aromatic heterocycles. The standard InChI is InChI=1S/C57H74N2O6S.C21H20N4O3S/c1-5-7-9-11-13-15-17-19-21-25-41-63-49-35-29-45(30-36-49)58(3)47-33-39-51-54(43-47)65-55-44-48(34-40-52(55)57(51)53-27-23-24-28-56(53)66(60,61)62)59(4)46-31-37-50(38-32-46)64-42-26-22-20-18-16-14-12-10-8-6-2;1-15-8-6-7-11-18(15)22-24-21(16-9-4-3-5-10-16)25-23-19-14-17(29(2,27)28)12-13-20(19)26/h23-24,27-40,43-44H,5-22,25-26,41-42H2,1-4H3;3-14,23,26H,1-2H3/p+1. The number of nitrogens with zero attached hydrogens (tertiary/aromatic N) is 5. The minimum absolute atomic E-state index is 0.0656. The first-order chi connectivity index (χ1) is 46.0. The number of nitrogens with one attached hydrogen (secondary N) is 1. The topological polar surface area (TPSA) is 196 Å². The number of anilines is 3. The molecule has 7 aromatic carbocycles. The van der Waals surface area contributed by atoms with Crippen molar-refractivity contribution in [2.24, 2.45) is 15.3 Å². The van der Waals surface area contributed by atoms with Crippen LogP contribution < -0.4 is 29.7 Å². The van der Waals surface area contributed by atoms with Gasteiger partial charge in [0.25, 0.3) is 10.1 Å². The fourth-order valence-corrected chi connectivity index (χ4v) is 12.7. The maximum Gasteiger partial charge on any atom is 0.295 e. The summed E-state index contributed by atoms with van der Waals surface area (Å²) in [6.45, 7) is 7.89. The summed E-state index contributed by atoms with van der Waals surface area (Å²) >= 11 is 0. The zero-order valence-corrected chi connectivity index (χ0v) is 57.8. The Bertz CT molecular complexity index is 4210. The van der Waals surface area contributed by atoms with Gasteiger partial charge in [0.2, 0.25) is 16.9 Å². The van der Waals surface area contributed by atoms with E-state index in [1.165, 1.54) is 140 Å². The summed E-state index contributed by atoms with van der Waals surface area (Å²) in [5.74, 6) is 2.43. The Balaban J connectivity index is 0.000000331. The number of unbranched alkanes of at least 4 members (excludes halogenated alkanes) is 18. The molecular formula is C78H95N6O9S2+. The van der Waals surface area contributed by atoms with Gasteiger partial charge in [-0.3, -0.25) is 9.98 Å². The Kier molecular flexibility index (Phi) is 28.0. The first-order valence-corrected chi connectivity index (χ1v) is 37.1. The Hall–Kier alpha value is -8.64. The lowest BCUT2D eigenvalue weighted by Gasteiger charge is -2.22. The van der Waals surface area contributed by atoms with Crippen molar-refractivity contribution in [2.45, 2.75) is 159 Å². The van der Waals surface area contributed by atoms with Gasteiger partial charge >= 0.3 is 0 Å². The smallest absolute Gasteiger partial charge is 0.295 e. The van der Waals surface area contributed by atoms with Gasteiger partial charge in [0.15, 0.2) is 9.84 Å². The van der Waals surface area contributed by atoms with Crippen molar-refractivity contribution in [3.05, 3.63) is 198 Å². The average molecular weight is 1320 g/mol. The van der Waals surface area contributed by atoms with E-state index in [-0.39, 0.29) is 27.1 Å². The predicted octanol–water partition coefficient (Wildman–Crippen LogP) is 20.2. The van der Waals surface area contributed by atoms with E-state index in [0.29, 0.717) is 46.9 Å². The van der Waals surface area contributed by atoms with E-state index in [0.717, 1.165) is 69.5 Å². The van der Waals surface area contributed by atoms with E-state index in [2.05, 4.69) is 68.3 Å². The molecule has 0 spiro atoms. The van der Waals surface area contributed by atoms with Crippen LogP contribution in [0.25, 0.3) is 33.4 Å². The number of hydrazone groups is 1. The van der Waals surface area contributed by atoms with E-state index in [4.69, 9.17) is 13.9 Å². The molecule has 2 aliphatic rings. The largest absolute Gasteiger partial charge is 0.506 e. The average Bonchev–Trinajstić information content (AvgIpc) is 0.745. The maximum atomic E-state index is 12.8. The molecule has 15 nitrogen and oxygen atoms in total. The zero-order chi connectivity index (χ0) is 67.4. The van der Waals surface area contributed by atoms with Crippen molar-refractivity contribution >= 4 is 65.2 Å². The van der Waals surface area contributed by atoms with Gasteiger partial charge in [-0.2, -0.15) is 18.1 Å². The summed E-state index contributed by atoms with van der Waals surface area (Å²) < 4.78 is 80.5. The molecule has 95 heavy (non-hydrogen) atoms. The number of azo groups is 1. The molecule has 0 radical (unpaired) electrons. The third-order valence-electron chi connectivity index (χ3n) is 17.0. The molecule has 0 amide bonds. The molecule has 502 valence electrons. The van der Waals surface area contributed by atoms with Crippen molar-refractivity contribution in [1.82, 2.24) is 4.58 Å². The molecule has 3 N–H and O–H groups in total. The number of rotatable bonds is 34. The summed E-state index contributed by atoms with van der Waals surface area (Å²) in [6, 6.07) is 55.5. The number of aromatic hydroxyl groups is 1. The van der Waals surface area contributed by atoms with Gasteiger partial charge in [0.1, 0.15) is 40.5 Å². The molecule has 0 saturated carbocycles. The number of phenolic OH excluding ortho intramolecular Hbond substituents is 1. The number of benzene rings is 8. The van der Waals surface area contributed by atoms with Crippen LogP contribution in [-0.4, -0.2) is 65.9 Å². The van der Waals surface area contributed by atoms with Crippen molar-refractivity contribution in [3.63, 3.8) is 0 Å². The lowest BCUT2D eigenvalue weighted by molar-refractivity contribution is 0.304. The second kappa shape index (κ2) is 36.9. The van der Waals surface area contributed by atoms with E-state index in [1.54, 1.807) is 18.2 Å². The molecular weight excluding hydrogens is 1230 g/mol. The van der Waals surface area contributed by atoms with Crippen LogP contribution in [0.2, 0.25) is 0 Å². The van der Waals surface area contributed by atoms with Gasteiger partial charge in [-0.05, 0) is 110 Å². The van der Waals surface area contributed by atoms with Crippen LogP contribution in [0.15, 0.2) is 212 Å². The van der Waals surface area contributed by atoms with Crippen molar-refractivity contribution in [3.8, 4) is 39.7 Å². The van der Waals surface area contributed by atoms with Gasteiger partial charge < -0.3 is 23.9 Å². The second-order valence-corrected chi connectivity index (χ2v) is 27.7. The predicted molar refractivity (Wildman–Crippen MR) is 388 cm³/mol. The number of hydrogen-bond donors (Lipinski definition) is 3. The second-order valence-electron chi connectivity index (χ2n) is 24.3. The molecule has 1 aliphatic carbocycles. The quantitative estimate of drug-likeness (QED) is 0.00400. The molecule has 1 heterocycles. The monoisotopic (exact) mass is 1320 g/mol. The van der Waals surface area contributed by atoms with Crippen LogP contribution >= 0.6 is 0 Å². The summed E-state index contributed by atoms with van der Waals surface area (Å²) in [7, 11) is -3.94. The number of aryl methyl sites for hydroxylation is 1. The molecule has 1 aliphatic heterocycles. The van der Waals surface area contributed by atoms with E-state index in [1.807, 2.05) is 136 Å². The van der Waals surface area contributed by atoms with Crippen molar-refractivity contribution in [1.29, 1.82) is 0 Å². The summed E-state index contributed by atoms with van der Waals surface area (Å²) in [5.41, 5.74) is 10.4. The van der Waals surface area contributed by atoms with E-state index < -0.39 is 20.0 Å². The van der Waals surface area contributed by atoms with Gasteiger partial charge in [-0.25, -0.2) is 8.42 Å². The van der Waals surface area contributed by atoms with Crippen LogP contribution in [0, 0.1) is 6.92 Å². The first-order valence-electron chi connectivity index (χ1n) is 33.8. The zero-order valence-electron chi connectivity index (χ0n) is 56.2. The van der Waals surface area contributed by atoms with Crippen LogP contribution in [0.3, 0.4) is 0 Å². The van der Waals surface area contributed by atoms with E-state index >= 15 is 0 Å². The fraction of sp³-hybridized carbons (Fsp3) is 0.359. The van der Waals surface area contributed by atoms with Crippen LogP contribution in [0.1, 0.15) is 153 Å². The van der Waals surface area contributed by atoms with Crippen molar-refractivity contribution < 1.29 is 40.4 Å². The van der Waals surface area contributed by atoms with Gasteiger partial charge in [0, 0.05) is 76.6 Å². The third kappa shape index (κ3) is 22.0. The first kappa shape index (κ1) is 72.2. The summed E-state index contributed by atoms with van der Waals surface area (Å²) in [6.07, 6.45) is 27.0. The Morgan fingerprint density at radius 1 is 0.579 bits per heavy atom. The van der Waals surface area contributed by atoms with Gasteiger partial charge in [0.05, 0.1) is 35.6 Å². The highest BCUT2D eigenvalue weighted by Crippen LogP contribution is 2.43. The van der Waals surface area contributed by atoms with Gasteiger partial charge in [-0.1, -0.05) is 196 Å². The Labute approximate surface area is 563 Å². The van der Waals surface area contributed by atoms with Crippen molar-refractivity contribution in [2.75, 3.05) is 43.9 Å². The highest BCUT2D eigenvalue weighted by atomic mass is 32.2. The molecule has 0 saturated heterocycles. The number of ether oxygens (including phenoxy) is 2.